The molecule has 2 rings (SSSR count). The average Bonchev–Trinajstić information content (AvgIpc) is 2.70. The van der Waals surface area contributed by atoms with Crippen LogP contribution in [0.15, 0.2) is 59.5 Å². The zero-order valence-corrected chi connectivity index (χ0v) is 18.5. The number of sulfonamides is 1. The molecule has 0 bridgehead atoms. The van der Waals surface area contributed by atoms with Crippen molar-refractivity contribution in [1.82, 2.24) is 10.6 Å². The van der Waals surface area contributed by atoms with Crippen LogP contribution in [0.3, 0.4) is 0 Å². The molecule has 0 radical (unpaired) electrons. The number of imide groups is 1. The third kappa shape index (κ3) is 6.82. The van der Waals surface area contributed by atoms with Crippen LogP contribution in [0.2, 0.25) is 0 Å². The number of carbonyl (C=O) groups excluding carboxylic acids is 3. The Morgan fingerprint density at radius 1 is 1.00 bits per heavy atom. The summed E-state index contributed by atoms with van der Waals surface area (Å²) in [6, 6.07) is 13.1. The summed E-state index contributed by atoms with van der Waals surface area (Å²) in [5.41, 5.74) is -0.130. The Kier molecular flexibility index (Phi) is 7.40. The molecule has 9 nitrogen and oxygen atoms in total. The zero-order chi connectivity index (χ0) is 23.2. The second kappa shape index (κ2) is 9.61. The number of rotatable bonds is 6. The molecule has 0 aliphatic heterocycles. The Balaban J connectivity index is 2.05. The summed E-state index contributed by atoms with van der Waals surface area (Å²) < 4.78 is 31.7. The van der Waals surface area contributed by atoms with Crippen molar-refractivity contribution in [2.24, 2.45) is 0 Å². The Hall–Kier alpha value is -3.40. The second-order valence-corrected chi connectivity index (χ2v) is 9.63. The molecular weight excluding hydrogens is 422 g/mol. The van der Waals surface area contributed by atoms with Gasteiger partial charge in [0, 0.05) is 12.6 Å². The summed E-state index contributed by atoms with van der Waals surface area (Å²) in [7, 11) is -2.51. The maximum absolute atomic E-state index is 12.9. The molecule has 0 saturated carbocycles. The summed E-state index contributed by atoms with van der Waals surface area (Å²) in [5.74, 6) is -1.71. The molecular formula is C21H25N3O6S. The summed E-state index contributed by atoms with van der Waals surface area (Å²) in [6.45, 7) is 4.53. The number of esters is 1. The first kappa shape index (κ1) is 23.9. The van der Waals surface area contributed by atoms with Gasteiger partial charge in [-0.25, -0.2) is 18.0 Å². The number of nitrogens with one attached hydrogen (secondary N) is 2. The smallest absolute Gasteiger partial charge is 0.338 e. The van der Waals surface area contributed by atoms with Gasteiger partial charge < -0.3 is 10.1 Å². The number of hydrogen-bond donors (Lipinski definition) is 2. The molecule has 0 heterocycles. The normalized spacial score (nSPS) is 11.4. The maximum atomic E-state index is 12.9. The van der Waals surface area contributed by atoms with Gasteiger partial charge in [0.1, 0.15) is 0 Å². The van der Waals surface area contributed by atoms with Crippen molar-refractivity contribution in [3.63, 3.8) is 0 Å². The van der Waals surface area contributed by atoms with Gasteiger partial charge in [0.2, 0.25) is 0 Å². The second-order valence-electron chi connectivity index (χ2n) is 7.66. The number of anilines is 1. The molecule has 0 aromatic heterocycles. The predicted molar refractivity (Wildman–Crippen MR) is 115 cm³/mol. The summed E-state index contributed by atoms with van der Waals surface area (Å²) >= 11 is 0. The number of hydrogen-bond acceptors (Lipinski definition) is 6. The van der Waals surface area contributed by atoms with E-state index in [1.165, 1.54) is 31.3 Å². The van der Waals surface area contributed by atoms with Crippen molar-refractivity contribution in [3.05, 3.63) is 60.2 Å². The Morgan fingerprint density at radius 2 is 1.65 bits per heavy atom. The molecule has 31 heavy (non-hydrogen) atoms. The fourth-order valence-electron chi connectivity index (χ4n) is 2.47. The van der Waals surface area contributed by atoms with Crippen LogP contribution in [-0.2, 0) is 19.6 Å². The van der Waals surface area contributed by atoms with E-state index in [2.05, 4.69) is 5.32 Å². The average molecular weight is 448 g/mol. The minimum atomic E-state index is -3.92. The van der Waals surface area contributed by atoms with Crippen LogP contribution < -0.4 is 14.9 Å². The number of amides is 3. The lowest BCUT2D eigenvalue weighted by Crippen LogP contribution is -2.49. The number of nitrogens with zero attached hydrogens (tertiary/aromatic N) is 1. The van der Waals surface area contributed by atoms with E-state index in [4.69, 9.17) is 4.74 Å². The van der Waals surface area contributed by atoms with Gasteiger partial charge in [0.15, 0.2) is 6.61 Å². The summed E-state index contributed by atoms with van der Waals surface area (Å²) in [6.07, 6.45) is 0. The first-order chi connectivity index (χ1) is 14.4. The van der Waals surface area contributed by atoms with Gasteiger partial charge in [-0.15, -0.1) is 0 Å². The van der Waals surface area contributed by atoms with E-state index in [-0.39, 0.29) is 10.5 Å². The topological polar surface area (TPSA) is 122 Å². The number of ether oxygens (including phenoxy) is 1. The molecule has 10 heteroatoms. The third-order valence-electron chi connectivity index (χ3n) is 3.92. The van der Waals surface area contributed by atoms with Crippen molar-refractivity contribution >= 4 is 33.6 Å². The van der Waals surface area contributed by atoms with Gasteiger partial charge in [-0.3, -0.25) is 14.4 Å². The lowest BCUT2D eigenvalue weighted by molar-refractivity contribution is -0.123. The van der Waals surface area contributed by atoms with E-state index in [9.17, 15) is 22.8 Å². The maximum Gasteiger partial charge on any atom is 0.338 e. The van der Waals surface area contributed by atoms with Crippen LogP contribution in [0.25, 0.3) is 0 Å². The zero-order valence-electron chi connectivity index (χ0n) is 17.7. The van der Waals surface area contributed by atoms with Crippen molar-refractivity contribution in [2.75, 3.05) is 18.0 Å². The van der Waals surface area contributed by atoms with Crippen LogP contribution in [0.4, 0.5) is 10.5 Å². The molecule has 0 spiro atoms. The molecule has 2 aromatic rings. The Morgan fingerprint density at radius 3 is 2.26 bits per heavy atom. The molecule has 0 fully saturated rings. The third-order valence-corrected chi connectivity index (χ3v) is 5.71. The van der Waals surface area contributed by atoms with Crippen molar-refractivity contribution < 1.29 is 27.5 Å². The molecule has 0 unspecified atom stereocenters. The molecule has 166 valence electrons. The fourth-order valence-corrected chi connectivity index (χ4v) is 3.71. The molecule has 0 aliphatic rings. The van der Waals surface area contributed by atoms with E-state index in [0.717, 1.165) is 4.31 Å². The highest BCUT2D eigenvalue weighted by molar-refractivity contribution is 7.92. The first-order valence-corrected chi connectivity index (χ1v) is 10.8. The number of benzene rings is 2. The molecule has 3 amide bonds. The largest absolute Gasteiger partial charge is 0.452 e. The van der Waals surface area contributed by atoms with Crippen molar-refractivity contribution in [2.45, 2.75) is 31.2 Å². The van der Waals surface area contributed by atoms with Gasteiger partial charge in [0.25, 0.3) is 15.9 Å². The molecule has 2 N–H and O–H groups in total. The van der Waals surface area contributed by atoms with Crippen LogP contribution in [0, 0.1) is 0 Å². The van der Waals surface area contributed by atoms with E-state index >= 15 is 0 Å². The van der Waals surface area contributed by atoms with Crippen molar-refractivity contribution in [3.8, 4) is 0 Å². The Bertz CT molecular complexity index is 1060. The molecule has 0 atom stereocenters. The summed E-state index contributed by atoms with van der Waals surface area (Å²) in [5, 5.41) is 4.58. The number of para-hydroxylation sites is 1. The van der Waals surface area contributed by atoms with E-state index in [1.807, 2.05) is 5.32 Å². The molecule has 0 aliphatic carbocycles. The quantitative estimate of drug-likeness (QED) is 0.655. The van der Waals surface area contributed by atoms with Gasteiger partial charge >= 0.3 is 12.0 Å². The van der Waals surface area contributed by atoms with Crippen LogP contribution in [0.1, 0.15) is 31.1 Å². The van der Waals surface area contributed by atoms with Gasteiger partial charge in [0.05, 0.1) is 16.1 Å². The Labute approximate surface area is 181 Å². The predicted octanol–water partition coefficient (Wildman–Crippen LogP) is 2.29. The van der Waals surface area contributed by atoms with Gasteiger partial charge in [-0.2, -0.15) is 0 Å². The van der Waals surface area contributed by atoms with Crippen molar-refractivity contribution in [1.29, 1.82) is 0 Å². The number of carbonyl (C=O) groups is 3. The lowest BCUT2D eigenvalue weighted by Gasteiger charge is -2.20. The van der Waals surface area contributed by atoms with Crippen LogP contribution >= 0.6 is 0 Å². The molecule has 2 aromatic carbocycles. The minimum absolute atomic E-state index is 0.0468. The highest BCUT2D eigenvalue weighted by Crippen LogP contribution is 2.22. The highest BCUT2D eigenvalue weighted by Gasteiger charge is 2.23. The first-order valence-electron chi connectivity index (χ1n) is 9.33. The summed E-state index contributed by atoms with van der Waals surface area (Å²) in [4.78, 5) is 35.6. The van der Waals surface area contributed by atoms with Gasteiger partial charge in [-0.05, 0) is 51.1 Å². The van der Waals surface area contributed by atoms with Crippen LogP contribution in [-0.4, -0.2) is 45.5 Å². The monoisotopic (exact) mass is 447 g/mol. The minimum Gasteiger partial charge on any atom is -0.452 e. The number of urea groups is 1. The highest BCUT2D eigenvalue weighted by atomic mass is 32.2. The van der Waals surface area contributed by atoms with Gasteiger partial charge in [-0.1, -0.05) is 24.3 Å². The van der Waals surface area contributed by atoms with E-state index in [1.54, 1.807) is 51.1 Å². The van der Waals surface area contributed by atoms with E-state index in [0.29, 0.717) is 5.69 Å². The standard InChI is InChI=1S/C21H25N3O6S/c1-21(2,3)23-20(27)22-18(25)14-30-19(26)15-9-8-12-17(13-15)31(28,29)24(4)16-10-6-5-7-11-16/h5-13H,14H2,1-4H3,(H2,22,23,25,27). The lowest BCUT2D eigenvalue weighted by atomic mass is 10.1. The fraction of sp³-hybridized carbons (Fsp3) is 0.286. The van der Waals surface area contributed by atoms with E-state index < -0.39 is 40.1 Å². The SMILES string of the molecule is CN(c1ccccc1)S(=O)(=O)c1cccc(C(=O)OCC(=O)NC(=O)NC(C)(C)C)c1. The van der Waals surface area contributed by atoms with Crippen LogP contribution in [0.5, 0.6) is 0 Å². The molecule has 0 saturated heterocycles.